The van der Waals surface area contributed by atoms with Crippen molar-refractivity contribution in [1.29, 1.82) is 0 Å². The largest absolute Gasteiger partial charge is 0.313 e. The molecule has 1 atom stereocenters. The molecular formula is C19H25N. The minimum Gasteiger partial charge on any atom is -0.313 e. The van der Waals surface area contributed by atoms with Crippen molar-refractivity contribution in [1.82, 2.24) is 5.32 Å². The summed E-state index contributed by atoms with van der Waals surface area (Å²) in [6.07, 6.45) is 3.54. The average molecular weight is 267 g/mol. The highest BCUT2D eigenvalue weighted by Crippen LogP contribution is 2.22. The van der Waals surface area contributed by atoms with E-state index in [-0.39, 0.29) is 0 Å². The van der Waals surface area contributed by atoms with E-state index in [1.165, 1.54) is 35.1 Å². The van der Waals surface area contributed by atoms with Gasteiger partial charge in [-0.3, -0.25) is 0 Å². The molecule has 0 saturated carbocycles. The van der Waals surface area contributed by atoms with Crippen molar-refractivity contribution in [3.63, 3.8) is 0 Å². The van der Waals surface area contributed by atoms with Crippen LogP contribution in [0.3, 0.4) is 0 Å². The van der Waals surface area contributed by atoms with Crippen LogP contribution in [0.25, 0.3) is 0 Å². The van der Waals surface area contributed by atoms with Crippen LogP contribution in [-0.2, 0) is 6.42 Å². The Morgan fingerprint density at radius 2 is 1.60 bits per heavy atom. The highest BCUT2D eigenvalue weighted by Gasteiger charge is 2.09. The first-order valence-electron chi connectivity index (χ1n) is 7.48. The van der Waals surface area contributed by atoms with Crippen molar-refractivity contribution in [2.45, 2.75) is 39.2 Å². The molecule has 2 rings (SSSR count). The molecule has 2 aromatic carbocycles. The Morgan fingerprint density at radius 1 is 0.950 bits per heavy atom. The zero-order valence-electron chi connectivity index (χ0n) is 12.8. The van der Waals surface area contributed by atoms with Gasteiger partial charge in [0.2, 0.25) is 0 Å². The van der Waals surface area contributed by atoms with Gasteiger partial charge in [0.25, 0.3) is 0 Å². The van der Waals surface area contributed by atoms with Crippen molar-refractivity contribution < 1.29 is 0 Å². The van der Waals surface area contributed by atoms with E-state index in [2.05, 4.69) is 74.7 Å². The third-order valence-corrected chi connectivity index (χ3v) is 3.80. The maximum absolute atomic E-state index is 3.46. The average Bonchev–Trinajstić information content (AvgIpc) is 2.43. The molecule has 0 bridgehead atoms. The Morgan fingerprint density at radius 3 is 2.20 bits per heavy atom. The molecule has 20 heavy (non-hydrogen) atoms. The van der Waals surface area contributed by atoms with Crippen molar-refractivity contribution in [2.24, 2.45) is 0 Å². The molecule has 1 unspecified atom stereocenters. The molecule has 1 heteroatoms. The first-order chi connectivity index (χ1) is 9.69. The van der Waals surface area contributed by atoms with E-state index in [1.54, 1.807) is 0 Å². The van der Waals surface area contributed by atoms with Gasteiger partial charge >= 0.3 is 0 Å². The second kappa shape index (κ2) is 7.25. The molecule has 2 aromatic rings. The van der Waals surface area contributed by atoms with Crippen LogP contribution in [0.4, 0.5) is 0 Å². The van der Waals surface area contributed by atoms with Crippen LogP contribution >= 0.6 is 0 Å². The monoisotopic (exact) mass is 267 g/mol. The van der Waals surface area contributed by atoms with E-state index in [9.17, 15) is 0 Å². The summed E-state index contributed by atoms with van der Waals surface area (Å²) in [5, 5.41) is 3.46. The van der Waals surface area contributed by atoms with E-state index in [0.29, 0.717) is 6.04 Å². The normalized spacial score (nSPS) is 12.3. The van der Waals surface area contributed by atoms with Crippen LogP contribution in [0.15, 0.2) is 48.5 Å². The van der Waals surface area contributed by atoms with Gasteiger partial charge in [0, 0.05) is 6.04 Å². The number of aryl methyl sites for hydroxylation is 3. The maximum Gasteiger partial charge on any atom is 0.0317 e. The van der Waals surface area contributed by atoms with Crippen molar-refractivity contribution in [3.8, 4) is 0 Å². The zero-order chi connectivity index (χ0) is 14.4. The molecule has 0 saturated heterocycles. The molecule has 0 fully saturated rings. The lowest BCUT2D eigenvalue weighted by atomic mass is 9.96. The standard InChI is InChI=1S/C19H25N/c1-15-12-16(2)14-18(13-15)19(20-3)11-7-10-17-8-5-4-6-9-17/h4-6,8-9,12-14,19-20H,7,10-11H2,1-3H3. The fourth-order valence-electron chi connectivity index (χ4n) is 2.84. The van der Waals surface area contributed by atoms with Gasteiger partial charge in [0.1, 0.15) is 0 Å². The van der Waals surface area contributed by atoms with Gasteiger partial charge in [-0.15, -0.1) is 0 Å². The first-order valence-corrected chi connectivity index (χ1v) is 7.48. The molecule has 106 valence electrons. The molecule has 0 aliphatic carbocycles. The Balaban J connectivity index is 1.95. The molecule has 0 spiro atoms. The summed E-state index contributed by atoms with van der Waals surface area (Å²) >= 11 is 0. The second-order valence-corrected chi connectivity index (χ2v) is 5.64. The summed E-state index contributed by atoms with van der Waals surface area (Å²) in [5.41, 5.74) is 5.55. The van der Waals surface area contributed by atoms with Gasteiger partial charge in [-0.25, -0.2) is 0 Å². The lowest BCUT2D eigenvalue weighted by Gasteiger charge is -2.18. The lowest BCUT2D eigenvalue weighted by molar-refractivity contribution is 0.526. The minimum atomic E-state index is 0.456. The van der Waals surface area contributed by atoms with Gasteiger partial charge in [-0.05, 0) is 51.3 Å². The number of hydrogen-bond acceptors (Lipinski definition) is 1. The summed E-state index contributed by atoms with van der Waals surface area (Å²) in [6, 6.07) is 18.0. The van der Waals surface area contributed by atoms with Crippen LogP contribution in [0, 0.1) is 13.8 Å². The molecule has 0 aliphatic heterocycles. The smallest absolute Gasteiger partial charge is 0.0317 e. The highest BCUT2D eigenvalue weighted by molar-refractivity contribution is 5.30. The molecule has 1 N–H and O–H groups in total. The van der Waals surface area contributed by atoms with Gasteiger partial charge in [-0.2, -0.15) is 0 Å². The summed E-state index contributed by atoms with van der Waals surface area (Å²) in [6.45, 7) is 4.35. The fourth-order valence-corrected chi connectivity index (χ4v) is 2.84. The highest BCUT2D eigenvalue weighted by atomic mass is 14.9. The summed E-state index contributed by atoms with van der Waals surface area (Å²) < 4.78 is 0. The molecular weight excluding hydrogens is 242 g/mol. The van der Waals surface area contributed by atoms with Gasteiger partial charge < -0.3 is 5.32 Å². The van der Waals surface area contributed by atoms with E-state index in [4.69, 9.17) is 0 Å². The molecule has 0 aromatic heterocycles. The second-order valence-electron chi connectivity index (χ2n) is 5.64. The maximum atomic E-state index is 3.46. The Kier molecular flexibility index (Phi) is 5.37. The van der Waals surface area contributed by atoms with Crippen LogP contribution in [0.1, 0.15) is 41.1 Å². The van der Waals surface area contributed by atoms with Gasteiger partial charge in [0.15, 0.2) is 0 Å². The molecule has 0 amide bonds. The number of benzene rings is 2. The minimum absolute atomic E-state index is 0.456. The van der Waals surface area contributed by atoms with Crippen LogP contribution in [0.2, 0.25) is 0 Å². The predicted octanol–water partition coefficient (Wildman–Crippen LogP) is 4.59. The Hall–Kier alpha value is -1.60. The van der Waals surface area contributed by atoms with Crippen LogP contribution in [-0.4, -0.2) is 7.05 Å². The predicted molar refractivity (Wildman–Crippen MR) is 87.1 cm³/mol. The number of rotatable bonds is 6. The summed E-state index contributed by atoms with van der Waals surface area (Å²) in [5.74, 6) is 0. The Bertz CT molecular complexity index is 510. The summed E-state index contributed by atoms with van der Waals surface area (Å²) in [4.78, 5) is 0. The van der Waals surface area contributed by atoms with Crippen molar-refractivity contribution in [3.05, 3.63) is 70.8 Å². The topological polar surface area (TPSA) is 12.0 Å². The zero-order valence-corrected chi connectivity index (χ0v) is 12.8. The van der Waals surface area contributed by atoms with E-state index in [1.807, 2.05) is 0 Å². The fraction of sp³-hybridized carbons (Fsp3) is 0.368. The third-order valence-electron chi connectivity index (χ3n) is 3.80. The Labute approximate surface area is 123 Å². The first kappa shape index (κ1) is 14.8. The molecule has 0 aliphatic rings. The van der Waals surface area contributed by atoms with Gasteiger partial charge in [0.05, 0.1) is 0 Å². The molecule has 0 heterocycles. The molecule has 1 nitrogen and oxygen atoms in total. The quantitative estimate of drug-likeness (QED) is 0.807. The van der Waals surface area contributed by atoms with E-state index in [0.717, 1.165) is 6.42 Å². The SMILES string of the molecule is CNC(CCCc1ccccc1)c1cc(C)cc(C)c1. The van der Waals surface area contributed by atoms with E-state index < -0.39 is 0 Å². The van der Waals surface area contributed by atoms with Gasteiger partial charge in [-0.1, -0.05) is 59.7 Å². The van der Waals surface area contributed by atoms with Crippen LogP contribution < -0.4 is 5.32 Å². The van der Waals surface area contributed by atoms with E-state index >= 15 is 0 Å². The van der Waals surface area contributed by atoms with Crippen molar-refractivity contribution >= 4 is 0 Å². The molecule has 0 radical (unpaired) electrons. The number of hydrogen-bond donors (Lipinski definition) is 1. The summed E-state index contributed by atoms with van der Waals surface area (Å²) in [7, 11) is 2.06. The lowest BCUT2D eigenvalue weighted by Crippen LogP contribution is -2.16. The van der Waals surface area contributed by atoms with Crippen molar-refractivity contribution in [2.75, 3.05) is 7.05 Å². The van der Waals surface area contributed by atoms with Crippen LogP contribution in [0.5, 0.6) is 0 Å². The third kappa shape index (κ3) is 4.21. The number of nitrogens with one attached hydrogen (secondary N) is 1.